The van der Waals surface area contributed by atoms with Crippen LogP contribution in [0.1, 0.15) is 37.0 Å². The summed E-state index contributed by atoms with van der Waals surface area (Å²) >= 11 is 20.2. The molecule has 8 heteroatoms. The summed E-state index contributed by atoms with van der Waals surface area (Å²) in [6.45, 7) is 4.21. The first kappa shape index (κ1) is 29.4. The van der Waals surface area contributed by atoms with E-state index in [2.05, 4.69) is 5.32 Å². The summed E-state index contributed by atoms with van der Waals surface area (Å²) in [7, 11) is 0. The molecule has 0 saturated carbocycles. The molecule has 0 saturated heterocycles. The van der Waals surface area contributed by atoms with Crippen LogP contribution in [0.3, 0.4) is 0 Å². The molecule has 196 valence electrons. The molecule has 4 nitrogen and oxygen atoms in total. The van der Waals surface area contributed by atoms with Crippen molar-refractivity contribution in [3.63, 3.8) is 0 Å². The standard InChI is InChI=1S/C29H31Cl3N2O2S/c1-3-20(2)33-29(36)27(15-21-9-5-4-6-10-21)34(17-22-11-7-8-12-25(22)31)28(35)19-37-18-23-13-14-24(30)16-26(23)32/h4-14,16,20,27H,3,15,17-19H2,1-2H3,(H,33,36)/t20-,27+/m1/s1. The van der Waals surface area contributed by atoms with Gasteiger partial charge in [0.25, 0.3) is 0 Å². The predicted octanol–water partition coefficient (Wildman–Crippen LogP) is 7.43. The molecular formula is C29H31Cl3N2O2S. The molecule has 2 amide bonds. The normalized spacial score (nSPS) is 12.6. The number of halogens is 3. The van der Waals surface area contributed by atoms with Gasteiger partial charge in [-0.1, -0.05) is 96.3 Å². The Kier molecular flexibility index (Phi) is 11.7. The molecular weight excluding hydrogens is 547 g/mol. The van der Waals surface area contributed by atoms with Crippen molar-refractivity contribution in [2.24, 2.45) is 0 Å². The molecule has 1 N–H and O–H groups in total. The number of carbonyl (C=O) groups is 2. The van der Waals surface area contributed by atoms with Crippen molar-refractivity contribution >= 4 is 58.4 Å². The maximum Gasteiger partial charge on any atom is 0.243 e. The third-order valence-electron chi connectivity index (χ3n) is 6.07. The summed E-state index contributed by atoms with van der Waals surface area (Å²) in [5.74, 6) is 0.412. The molecule has 0 aliphatic heterocycles. The summed E-state index contributed by atoms with van der Waals surface area (Å²) in [4.78, 5) is 28.9. The third-order valence-corrected chi connectivity index (χ3v) is 7.99. The fourth-order valence-electron chi connectivity index (χ4n) is 3.78. The topological polar surface area (TPSA) is 49.4 Å². The number of hydrogen-bond donors (Lipinski definition) is 1. The molecule has 2 atom stereocenters. The van der Waals surface area contributed by atoms with Crippen LogP contribution in [0.2, 0.25) is 15.1 Å². The van der Waals surface area contributed by atoms with Gasteiger partial charge in [0.15, 0.2) is 0 Å². The van der Waals surface area contributed by atoms with Gasteiger partial charge in [0.05, 0.1) is 5.75 Å². The third kappa shape index (κ3) is 8.96. The number of nitrogens with zero attached hydrogens (tertiary/aromatic N) is 1. The van der Waals surface area contributed by atoms with Crippen molar-refractivity contribution in [1.29, 1.82) is 0 Å². The Morgan fingerprint density at radius 2 is 1.62 bits per heavy atom. The van der Waals surface area contributed by atoms with Crippen molar-refractivity contribution in [1.82, 2.24) is 10.2 Å². The Balaban J connectivity index is 1.87. The zero-order valence-corrected chi connectivity index (χ0v) is 24.0. The van der Waals surface area contributed by atoms with E-state index in [1.165, 1.54) is 11.8 Å². The molecule has 0 heterocycles. The zero-order chi connectivity index (χ0) is 26.8. The van der Waals surface area contributed by atoms with E-state index in [9.17, 15) is 9.59 Å². The molecule has 0 fully saturated rings. The quantitative estimate of drug-likeness (QED) is 0.243. The number of hydrogen-bond acceptors (Lipinski definition) is 3. The molecule has 0 aliphatic carbocycles. The SMILES string of the molecule is CC[C@@H](C)NC(=O)[C@H](Cc1ccccc1)N(Cc1ccccc1Cl)C(=O)CSCc1ccc(Cl)cc1Cl. The van der Waals surface area contributed by atoms with E-state index in [0.717, 1.165) is 23.1 Å². The van der Waals surface area contributed by atoms with E-state index in [1.54, 1.807) is 23.1 Å². The zero-order valence-electron chi connectivity index (χ0n) is 20.9. The van der Waals surface area contributed by atoms with Crippen LogP contribution in [0.5, 0.6) is 0 Å². The number of rotatable bonds is 12. The van der Waals surface area contributed by atoms with Gasteiger partial charge in [0.2, 0.25) is 11.8 Å². The molecule has 0 radical (unpaired) electrons. The summed E-state index contributed by atoms with van der Waals surface area (Å²) < 4.78 is 0. The van der Waals surface area contributed by atoms with Gasteiger partial charge in [0.1, 0.15) is 6.04 Å². The second-order valence-corrected chi connectivity index (χ2v) is 11.1. The molecule has 0 bridgehead atoms. The molecule has 3 aromatic rings. The van der Waals surface area contributed by atoms with Crippen LogP contribution >= 0.6 is 46.6 Å². The van der Waals surface area contributed by atoms with Crippen LogP contribution in [-0.4, -0.2) is 34.6 Å². The minimum Gasteiger partial charge on any atom is -0.352 e. The second-order valence-electron chi connectivity index (χ2n) is 8.86. The number of amides is 2. The highest BCUT2D eigenvalue weighted by atomic mass is 35.5. The highest BCUT2D eigenvalue weighted by Crippen LogP contribution is 2.26. The van der Waals surface area contributed by atoms with Gasteiger partial charge >= 0.3 is 0 Å². The lowest BCUT2D eigenvalue weighted by molar-refractivity contribution is -0.139. The fraction of sp³-hybridized carbons (Fsp3) is 0.310. The average Bonchev–Trinajstić information content (AvgIpc) is 2.88. The molecule has 0 unspecified atom stereocenters. The molecule has 0 spiro atoms. The summed E-state index contributed by atoms with van der Waals surface area (Å²) in [5.41, 5.74) is 2.67. The first-order valence-electron chi connectivity index (χ1n) is 12.2. The predicted molar refractivity (Wildman–Crippen MR) is 156 cm³/mol. The Hall–Kier alpha value is -2.18. The Labute approximate surface area is 238 Å². The van der Waals surface area contributed by atoms with Gasteiger partial charge in [-0.25, -0.2) is 0 Å². The maximum atomic E-state index is 13.7. The van der Waals surface area contributed by atoms with Gasteiger partial charge < -0.3 is 10.2 Å². The first-order valence-corrected chi connectivity index (χ1v) is 14.5. The summed E-state index contributed by atoms with van der Waals surface area (Å²) in [6, 6.07) is 21.8. The Bertz CT molecular complexity index is 1190. The minimum atomic E-state index is -0.695. The molecule has 0 aromatic heterocycles. The lowest BCUT2D eigenvalue weighted by atomic mass is 10.0. The monoisotopic (exact) mass is 576 g/mol. The minimum absolute atomic E-state index is 0.00976. The maximum absolute atomic E-state index is 13.7. The van der Waals surface area contributed by atoms with E-state index in [1.807, 2.05) is 68.4 Å². The Morgan fingerprint density at radius 3 is 2.30 bits per heavy atom. The van der Waals surface area contributed by atoms with E-state index in [4.69, 9.17) is 34.8 Å². The molecule has 3 rings (SSSR count). The van der Waals surface area contributed by atoms with E-state index in [0.29, 0.717) is 27.2 Å². The highest BCUT2D eigenvalue weighted by molar-refractivity contribution is 7.99. The van der Waals surface area contributed by atoms with Crippen LogP contribution in [0.15, 0.2) is 72.8 Å². The summed E-state index contributed by atoms with van der Waals surface area (Å²) in [6.07, 6.45) is 1.19. The van der Waals surface area contributed by atoms with Crippen molar-refractivity contribution in [2.45, 2.75) is 51.1 Å². The van der Waals surface area contributed by atoms with Crippen LogP contribution < -0.4 is 5.32 Å². The van der Waals surface area contributed by atoms with Crippen LogP contribution in [0.25, 0.3) is 0 Å². The Morgan fingerprint density at radius 1 is 0.919 bits per heavy atom. The first-order chi connectivity index (χ1) is 17.8. The van der Waals surface area contributed by atoms with Gasteiger partial charge in [-0.05, 0) is 48.2 Å². The van der Waals surface area contributed by atoms with Crippen molar-refractivity contribution in [3.05, 3.63) is 105 Å². The van der Waals surface area contributed by atoms with Gasteiger partial charge in [-0.3, -0.25) is 9.59 Å². The van der Waals surface area contributed by atoms with Crippen LogP contribution in [-0.2, 0) is 28.3 Å². The van der Waals surface area contributed by atoms with E-state index < -0.39 is 6.04 Å². The van der Waals surface area contributed by atoms with Gasteiger partial charge in [-0.15, -0.1) is 11.8 Å². The van der Waals surface area contributed by atoms with Crippen molar-refractivity contribution < 1.29 is 9.59 Å². The van der Waals surface area contributed by atoms with Crippen molar-refractivity contribution in [2.75, 3.05) is 5.75 Å². The lowest BCUT2D eigenvalue weighted by Gasteiger charge is -2.32. The number of benzene rings is 3. The molecule has 37 heavy (non-hydrogen) atoms. The van der Waals surface area contributed by atoms with Crippen molar-refractivity contribution in [3.8, 4) is 0 Å². The van der Waals surface area contributed by atoms with Gasteiger partial charge in [-0.2, -0.15) is 0 Å². The molecule has 0 aliphatic rings. The van der Waals surface area contributed by atoms with E-state index in [-0.39, 0.29) is 30.2 Å². The number of nitrogens with one attached hydrogen (secondary N) is 1. The smallest absolute Gasteiger partial charge is 0.243 e. The highest BCUT2D eigenvalue weighted by Gasteiger charge is 2.31. The average molecular weight is 578 g/mol. The fourth-order valence-corrected chi connectivity index (χ4v) is 5.44. The number of carbonyl (C=O) groups excluding carboxylic acids is 2. The van der Waals surface area contributed by atoms with Gasteiger partial charge in [0, 0.05) is 39.8 Å². The van der Waals surface area contributed by atoms with Crippen LogP contribution in [0.4, 0.5) is 0 Å². The largest absolute Gasteiger partial charge is 0.352 e. The number of thioether (sulfide) groups is 1. The van der Waals surface area contributed by atoms with Crippen LogP contribution in [0, 0.1) is 0 Å². The van der Waals surface area contributed by atoms with E-state index >= 15 is 0 Å². The summed E-state index contributed by atoms with van der Waals surface area (Å²) in [5, 5.41) is 4.77. The molecule has 3 aromatic carbocycles. The lowest BCUT2D eigenvalue weighted by Crippen LogP contribution is -2.52. The second kappa shape index (κ2) is 14.7.